The van der Waals surface area contributed by atoms with Crippen LogP contribution in [0.2, 0.25) is 0 Å². The number of amides is 1. The summed E-state index contributed by atoms with van der Waals surface area (Å²) < 4.78 is 6.04. The Hall–Kier alpha value is 0.180. The van der Waals surface area contributed by atoms with Gasteiger partial charge >= 0.3 is 0 Å². The van der Waals surface area contributed by atoms with Gasteiger partial charge in [-0.2, -0.15) is 0 Å². The number of carbonyl (C=O) groups is 1. The van der Waals surface area contributed by atoms with Gasteiger partial charge in [-0.1, -0.05) is 46.3 Å². The fourth-order valence-electron chi connectivity index (χ4n) is 2.61. The highest BCUT2D eigenvalue weighted by Gasteiger charge is 2.10. The third-order valence-electron chi connectivity index (χ3n) is 3.75. The minimum atomic E-state index is -0.183. The van der Waals surface area contributed by atoms with Crippen LogP contribution in [0, 0.1) is 0 Å². The van der Waals surface area contributed by atoms with Gasteiger partial charge in [0.15, 0.2) is 0 Å². The van der Waals surface area contributed by atoms with Crippen LogP contribution >= 0.6 is 77.8 Å². The molecule has 9 heteroatoms. The molecular weight excluding hydrogens is 657 g/mol. The second-order valence-corrected chi connectivity index (χ2v) is 22.6. The number of nitrogens with one attached hydrogen (secondary N) is 1. The van der Waals surface area contributed by atoms with Crippen molar-refractivity contribution in [3.05, 3.63) is 59.0 Å². The van der Waals surface area contributed by atoms with Crippen LogP contribution in [-0.2, 0) is 10.1 Å². The molecule has 28 heavy (non-hydrogen) atoms. The molecule has 0 saturated carbocycles. The minimum Gasteiger partial charge on any atom is -0.383 e. The average Bonchev–Trinajstić information content (AvgIpc) is 3.11. The number of ether oxygens (including phenoxy) is 1. The van der Waals surface area contributed by atoms with E-state index in [9.17, 15) is 4.79 Å². The lowest BCUT2D eigenvalue weighted by molar-refractivity contribution is 0.0937. The number of thiophene rings is 1. The Kier molecular flexibility index (Phi) is 11.2. The van der Waals surface area contributed by atoms with E-state index in [0.29, 0.717) is 18.7 Å². The van der Waals surface area contributed by atoms with Crippen molar-refractivity contribution in [1.29, 1.82) is 0 Å². The van der Waals surface area contributed by atoms with Crippen molar-refractivity contribution in [2.24, 2.45) is 0 Å². The molecule has 0 fully saturated rings. The number of hydrogen-bond donors (Lipinski definition) is 1. The summed E-state index contributed by atoms with van der Waals surface area (Å²) in [5, 5.41) is 4.95. The molecule has 0 radical (unpaired) electrons. The Balaban J connectivity index is 0.000000640. The maximum absolute atomic E-state index is 12.2. The van der Waals surface area contributed by atoms with E-state index in [1.807, 2.05) is 24.3 Å². The molecule has 1 amide bonds. The van der Waals surface area contributed by atoms with Crippen molar-refractivity contribution >= 4 is 93.8 Å². The van der Waals surface area contributed by atoms with Gasteiger partial charge in [-0.25, -0.2) is 0 Å². The highest BCUT2D eigenvalue weighted by atomic mass is 80.0. The number of carbonyl (C=O) groups excluding carboxylic acids is 1. The van der Waals surface area contributed by atoms with Crippen LogP contribution in [0.1, 0.15) is 15.2 Å². The molecule has 1 aromatic heterocycles. The van der Waals surface area contributed by atoms with Crippen LogP contribution in [0.25, 0.3) is 21.2 Å². The highest BCUT2D eigenvalue weighted by Crippen LogP contribution is 2.59. The lowest BCUT2D eigenvalue weighted by atomic mass is 10.0. The zero-order valence-corrected chi connectivity index (χ0v) is 23.0. The summed E-state index contributed by atoms with van der Waals surface area (Å²) in [4.78, 5) is 13.5. The van der Waals surface area contributed by atoms with Gasteiger partial charge in [0.05, 0.1) is 6.61 Å². The molecule has 3 rings (SSSR count). The Morgan fingerprint density at radius 3 is 2.54 bits per heavy atom. The summed E-state index contributed by atoms with van der Waals surface area (Å²) in [5.41, 5.74) is 2.89. The SMILES string of the molecule is BrP(Br)Br.COCCNC(=O)c1cccc(-c2cccc3cc(CBr)sc23)c1. The molecule has 0 atom stereocenters. The van der Waals surface area contributed by atoms with E-state index in [1.54, 1.807) is 18.4 Å². The van der Waals surface area contributed by atoms with E-state index < -0.39 is 0 Å². The van der Waals surface area contributed by atoms with Crippen LogP contribution in [0.5, 0.6) is 0 Å². The monoisotopic (exact) mass is 671 g/mol. The normalized spacial score (nSPS) is 10.6. The molecule has 0 saturated heterocycles. The second kappa shape index (κ2) is 12.8. The van der Waals surface area contributed by atoms with Crippen molar-refractivity contribution in [2.75, 3.05) is 20.3 Å². The third-order valence-corrected chi connectivity index (χ3v) is 5.91. The first kappa shape index (κ1) is 24.4. The lowest BCUT2D eigenvalue weighted by Crippen LogP contribution is -2.26. The molecule has 0 aliphatic heterocycles. The molecular formula is C19H18Br4NO2PS. The largest absolute Gasteiger partial charge is 0.383 e. The topological polar surface area (TPSA) is 38.3 Å². The van der Waals surface area contributed by atoms with Crippen LogP contribution in [0.3, 0.4) is 0 Å². The van der Waals surface area contributed by atoms with Gasteiger partial charge in [0.2, 0.25) is 0 Å². The van der Waals surface area contributed by atoms with E-state index in [-0.39, 0.29) is 9.94 Å². The molecule has 3 aromatic rings. The maximum Gasteiger partial charge on any atom is 0.251 e. The molecule has 0 bridgehead atoms. The van der Waals surface area contributed by atoms with Gasteiger partial charge in [0.1, 0.15) is 4.03 Å². The predicted octanol–water partition coefficient (Wildman–Crippen LogP) is 8.24. The van der Waals surface area contributed by atoms with Crippen molar-refractivity contribution in [1.82, 2.24) is 5.32 Å². The molecule has 1 N–H and O–H groups in total. The summed E-state index contributed by atoms with van der Waals surface area (Å²) in [6, 6.07) is 16.3. The van der Waals surface area contributed by atoms with Crippen molar-refractivity contribution < 1.29 is 9.53 Å². The number of hydrogen-bond acceptors (Lipinski definition) is 3. The van der Waals surface area contributed by atoms with Gasteiger partial charge in [0, 0.05) is 34.1 Å². The van der Waals surface area contributed by atoms with Gasteiger partial charge in [-0.3, -0.25) is 4.79 Å². The first-order valence-corrected chi connectivity index (χ1v) is 17.5. The predicted molar refractivity (Wildman–Crippen MR) is 138 cm³/mol. The zero-order valence-electron chi connectivity index (χ0n) is 14.9. The van der Waals surface area contributed by atoms with Gasteiger partial charge in [0.25, 0.3) is 5.91 Å². The van der Waals surface area contributed by atoms with E-state index in [0.717, 1.165) is 16.5 Å². The van der Waals surface area contributed by atoms with Gasteiger partial charge in [-0.05, 0) is 81.2 Å². The van der Waals surface area contributed by atoms with Crippen molar-refractivity contribution in [3.63, 3.8) is 0 Å². The zero-order chi connectivity index (χ0) is 20.5. The summed E-state index contributed by atoms with van der Waals surface area (Å²) in [5.74, 6) is -0.0756. The Labute approximate surface area is 202 Å². The van der Waals surface area contributed by atoms with E-state index in [2.05, 4.69) is 92.0 Å². The first-order chi connectivity index (χ1) is 13.5. The summed E-state index contributed by atoms with van der Waals surface area (Å²) >= 11 is 14.8. The van der Waals surface area contributed by atoms with E-state index >= 15 is 0 Å². The van der Waals surface area contributed by atoms with E-state index in [1.165, 1.54) is 15.0 Å². The fraction of sp³-hybridized carbons (Fsp3) is 0.211. The molecule has 0 spiro atoms. The van der Waals surface area contributed by atoms with Crippen LogP contribution in [-0.4, -0.2) is 26.2 Å². The Bertz CT molecular complexity index is 917. The Morgan fingerprint density at radius 1 is 1.14 bits per heavy atom. The molecule has 150 valence electrons. The number of fused-ring (bicyclic) bond motifs is 1. The number of halogens is 4. The molecule has 1 heterocycles. The average molecular weight is 675 g/mol. The fourth-order valence-corrected chi connectivity index (χ4v) is 4.15. The van der Waals surface area contributed by atoms with E-state index in [4.69, 9.17) is 4.74 Å². The molecule has 2 aromatic carbocycles. The molecule has 0 unspecified atom stereocenters. The van der Waals surface area contributed by atoms with Crippen molar-refractivity contribution in [3.8, 4) is 11.1 Å². The molecule has 0 aliphatic rings. The Morgan fingerprint density at radius 2 is 1.86 bits per heavy atom. The lowest BCUT2D eigenvalue weighted by Gasteiger charge is -2.08. The summed E-state index contributed by atoms with van der Waals surface area (Å²) in [6.45, 7) is 1.02. The first-order valence-electron chi connectivity index (χ1n) is 8.18. The number of rotatable bonds is 6. The van der Waals surface area contributed by atoms with Crippen LogP contribution in [0.15, 0.2) is 48.5 Å². The van der Waals surface area contributed by atoms with Gasteiger partial charge in [-0.15, -0.1) is 11.3 Å². The maximum atomic E-state index is 12.2. The van der Waals surface area contributed by atoms with Gasteiger partial charge < -0.3 is 10.1 Å². The van der Waals surface area contributed by atoms with Crippen molar-refractivity contribution in [2.45, 2.75) is 5.33 Å². The highest BCUT2D eigenvalue weighted by molar-refractivity contribution is 9.93. The standard InChI is InChI=1S/C19H18BrNO2S.Br3P/c1-23-9-8-21-19(22)15-6-2-4-13(10-15)17-7-3-5-14-11-16(12-20)24-18(14)17;1-4(2)3/h2-7,10-11H,8-9,12H2,1H3,(H,21,22);. The smallest absolute Gasteiger partial charge is 0.251 e. The number of methoxy groups -OCH3 is 1. The summed E-state index contributed by atoms with van der Waals surface area (Å²) in [7, 11) is 1.62. The summed E-state index contributed by atoms with van der Waals surface area (Å²) in [6.07, 6.45) is 0. The van der Waals surface area contributed by atoms with Crippen LogP contribution in [0.4, 0.5) is 0 Å². The quantitative estimate of drug-likeness (QED) is 0.163. The number of benzene rings is 2. The molecule has 0 aliphatic carbocycles. The third kappa shape index (κ3) is 7.46. The minimum absolute atomic E-state index is 0.0756. The number of alkyl halides is 1. The second-order valence-electron chi connectivity index (χ2n) is 5.59. The molecule has 3 nitrogen and oxygen atoms in total. The van der Waals surface area contributed by atoms with Crippen LogP contribution < -0.4 is 5.32 Å².